The second-order valence-electron chi connectivity index (χ2n) is 5.31. The number of nitrogens with zero attached hydrogens (tertiary/aromatic N) is 3. The van der Waals surface area contributed by atoms with Gasteiger partial charge in [0.25, 0.3) is 0 Å². The van der Waals surface area contributed by atoms with E-state index in [1.165, 1.54) is 21.2 Å². The van der Waals surface area contributed by atoms with E-state index in [4.69, 9.17) is 0 Å². The van der Waals surface area contributed by atoms with Crippen molar-refractivity contribution in [1.29, 1.82) is 0 Å². The number of fused-ring (bicyclic) bond motifs is 3. The minimum absolute atomic E-state index is 0.374. The van der Waals surface area contributed by atoms with Gasteiger partial charge in [-0.15, -0.1) is 11.3 Å². The van der Waals surface area contributed by atoms with Crippen LogP contribution in [0.2, 0.25) is 0 Å². The van der Waals surface area contributed by atoms with E-state index in [0.717, 1.165) is 16.3 Å². The molecule has 3 heterocycles. The second kappa shape index (κ2) is 6.02. The Kier molecular flexibility index (Phi) is 4.52. The molecule has 0 amide bonds. The molecular weight excluding hydrogens is 280 g/mol. The maximum Gasteiger partial charge on any atom is 0.166 e. The van der Waals surface area contributed by atoms with Crippen LogP contribution in [-0.4, -0.2) is 20.8 Å². The topological polar surface area (TPSA) is 42.7 Å². The number of thiophene rings is 1. The highest BCUT2D eigenvalue weighted by Crippen LogP contribution is 2.38. The summed E-state index contributed by atoms with van der Waals surface area (Å²) in [6, 6.07) is 2.51. The van der Waals surface area contributed by atoms with Gasteiger partial charge in [-0.25, -0.2) is 4.98 Å². The molecule has 0 aliphatic carbocycles. The number of nitrogens with one attached hydrogen (secondary N) is 1. The van der Waals surface area contributed by atoms with Crippen molar-refractivity contribution >= 4 is 37.6 Å². The lowest BCUT2D eigenvalue weighted by Gasteiger charge is -2.05. The molecule has 0 unspecified atom stereocenters. The normalized spacial score (nSPS) is 11.0. The Morgan fingerprint density at radius 2 is 1.90 bits per heavy atom. The molecule has 3 rings (SSSR count). The van der Waals surface area contributed by atoms with Crippen LogP contribution in [0.25, 0.3) is 20.4 Å². The fraction of sp³-hybridized carbons (Fsp3) is 0.500. The first-order valence-electron chi connectivity index (χ1n) is 7.47. The summed E-state index contributed by atoms with van der Waals surface area (Å²) in [5, 5.41) is 9.24. The highest BCUT2D eigenvalue weighted by Gasteiger charge is 2.18. The Labute approximate surface area is 130 Å². The quantitative estimate of drug-likeness (QED) is 0.749. The van der Waals surface area contributed by atoms with Gasteiger partial charge in [0.2, 0.25) is 0 Å². The molecular formula is C16H24N4S. The Morgan fingerprint density at radius 1 is 1.24 bits per heavy atom. The summed E-state index contributed by atoms with van der Waals surface area (Å²) in [6.45, 7) is 12.4. The minimum Gasteiger partial charge on any atom is -0.365 e. The Bertz CT molecular complexity index is 768. The van der Waals surface area contributed by atoms with Crippen LogP contribution in [0, 0.1) is 13.8 Å². The van der Waals surface area contributed by atoms with Gasteiger partial charge >= 0.3 is 0 Å². The zero-order valence-corrected chi connectivity index (χ0v) is 14.7. The van der Waals surface area contributed by atoms with Crippen molar-refractivity contribution in [3.05, 3.63) is 17.3 Å². The van der Waals surface area contributed by atoms with Crippen LogP contribution in [0.15, 0.2) is 6.07 Å². The van der Waals surface area contributed by atoms with Gasteiger partial charge in [0.05, 0.1) is 10.2 Å². The predicted molar refractivity (Wildman–Crippen MR) is 93.5 cm³/mol. The van der Waals surface area contributed by atoms with Gasteiger partial charge in [-0.1, -0.05) is 13.8 Å². The number of rotatable bonds is 2. The molecule has 0 atom stereocenters. The number of anilines is 1. The van der Waals surface area contributed by atoms with Crippen molar-refractivity contribution in [2.45, 2.75) is 47.6 Å². The number of hydrogen-bond acceptors (Lipinski definition) is 4. The van der Waals surface area contributed by atoms with Crippen LogP contribution in [0.1, 0.15) is 39.0 Å². The van der Waals surface area contributed by atoms with Gasteiger partial charge in [0, 0.05) is 24.2 Å². The Balaban J connectivity index is 0.000000774. The number of hydrogen-bond donors (Lipinski definition) is 1. The van der Waals surface area contributed by atoms with Crippen molar-refractivity contribution in [3.8, 4) is 0 Å². The first-order valence-corrected chi connectivity index (χ1v) is 8.29. The monoisotopic (exact) mass is 304 g/mol. The van der Waals surface area contributed by atoms with E-state index in [1.54, 1.807) is 11.3 Å². The number of aromatic nitrogens is 3. The van der Waals surface area contributed by atoms with Gasteiger partial charge in [-0.05, 0) is 39.3 Å². The molecule has 0 bridgehead atoms. The van der Waals surface area contributed by atoms with E-state index in [-0.39, 0.29) is 0 Å². The molecule has 0 aliphatic rings. The molecule has 0 aromatic carbocycles. The molecule has 0 saturated carbocycles. The van der Waals surface area contributed by atoms with E-state index in [1.807, 2.05) is 32.5 Å². The van der Waals surface area contributed by atoms with Crippen molar-refractivity contribution in [2.24, 2.45) is 7.05 Å². The van der Waals surface area contributed by atoms with Gasteiger partial charge < -0.3 is 5.32 Å². The highest BCUT2D eigenvalue weighted by molar-refractivity contribution is 7.26. The molecule has 1 N–H and O–H groups in total. The lowest BCUT2D eigenvalue weighted by molar-refractivity contribution is 0.788. The highest BCUT2D eigenvalue weighted by atomic mass is 32.1. The molecule has 3 aromatic rings. The largest absolute Gasteiger partial charge is 0.365 e. The maximum atomic E-state index is 4.66. The van der Waals surface area contributed by atoms with E-state index >= 15 is 0 Å². The van der Waals surface area contributed by atoms with Crippen molar-refractivity contribution in [3.63, 3.8) is 0 Å². The molecule has 0 aliphatic heterocycles. The fourth-order valence-electron chi connectivity index (χ4n) is 2.51. The third-order valence-corrected chi connectivity index (χ3v) is 4.26. The average molecular weight is 304 g/mol. The molecule has 0 saturated heterocycles. The zero-order chi connectivity index (χ0) is 15.7. The summed E-state index contributed by atoms with van der Waals surface area (Å²) in [5.74, 6) is 0.965. The molecule has 0 spiro atoms. The Morgan fingerprint density at radius 3 is 2.52 bits per heavy atom. The van der Waals surface area contributed by atoms with Crippen molar-refractivity contribution < 1.29 is 0 Å². The zero-order valence-electron chi connectivity index (χ0n) is 13.9. The van der Waals surface area contributed by atoms with Crippen LogP contribution in [0.5, 0.6) is 0 Å². The lowest BCUT2D eigenvalue weighted by atomic mass is 10.1. The third-order valence-electron chi connectivity index (χ3n) is 3.18. The number of aryl methyl sites for hydroxylation is 3. The smallest absolute Gasteiger partial charge is 0.166 e. The summed E-state index contributed by atoms with van der Waals surface area (Å²) >= 11 is 1.72. The SMILES string of the molecule is CC.Cc1cc(C)c2c(n1)sc1c(NC(C)C)nn(C)c12. The van der Waals surface area contributed by atoms with Crippen molar-refractivity contribution in [1.82, 2.24) is 14.8 Å². The van der Waals surface area contributed by atoms with Crippen LogP contribution < -0.4 is 5.32 Å². The van der Waals surface area contributed by atoms with E-state index < -0.39 is 0 Å². The van der Waals surface area contributed by atoms with Crippen LogP contribution in [0.4, 0.5) is 5.82 Å². The van der Waals surface area contributed by atoms with E-state index in [2.05, 4.69) is 42.2 Å². The van der Waals surface area contributed by atoms with E-state index in [9.17, 15) is 0 Å². The van der Waals surface area contributed by atoms with Crippen LogP contribution >= 0.6 is 11.3 Å². The van der Waals surface area contributed by atoms with Gasteiger partial charge in [-0.3, -0.25) is 4.68 Å². The first kappa shape index (κ1) is 15.8. The maximum absolute atomic E-state index is 4.66. The summed E-state index contributed by atoms with van der Waals surface area (Å²) in [5.41, 5.74) is 3.53. The Hall–Kier alpha value is -1.62. The molecule has 114 valence electrons. The number of pyridine rings is 1. The van der Waals surface area contributed by atoms with Gasteiger partial charge in [0.1, 0.15) is 4.83 Å². The lowest BCUT2D eigenvalue weighted by Crippen LogP contribution is -2.10. The predicted octanol–water partition coefficient (Wildman–Crippen LogP) is 4.65. The third kappa shape index (κ3) is 2.75. The molecule has 21 heavy (non-hydrogen) atoms. The molecule has 0 fully saturated rings. The van der Waals surface area contributed by atoms with Gasteiger partial charge in [0.15, 0.2) is 5.82 Å². The summed E-state index contributed by atoms with van der Waals surface area (Å²) in [4.78, 5) is 5.76. The summed E-state index contributed by atoms with van der Waals surface area (Å²) in [6.07, 6.45) is 0. The summed E-state index contributed by atoms with van der Waals surface area (Å²) < 4.78 is 3.16. The van der Waals surface area contributed by atoms with Gasteiger partial charge in [-0.2, -0.15) is 5.10 Å². The van der Waals surface area contributed by atoms with Crippen LogP contribution in [0.3, 0.4) is 0 Å². The molecule has 0 radical (unpaired) electrons. The molecule has 3 aromatic heterocycles. The van der Waals surface area contributed by atoms with E-state index in [0.29, 0.717) is 6.04 Å². The summed E-state index contributed by atoms with van der Waals surface area (Å²) in [7, 11) is 2.00. The molecule has 4 nitrogen and oxygen atoms in total. The fourth-order valence-corrected chi connectivity index (χ4v) is 3.78. The standard InChI is InChI=1S/C14H18N4S.C2H6/c1-7(2)15-13-12-11(18(5)17-13)10-8(3)6-9(4)16-14(10)19-12;1-2/h6-7H,1-5H3,(H,15,17);1-2H3. The molecule has 5 heteroatoms. The van der Waals surface area contributed by atoms with Crippen molar-refractivity contribution in [2.75, 3.05) is 5.32 Å². The first-order chi connectivity index (χ1) is 9.97. The van der Waals surface area contributed by atoms with Crippen LogP contribution in [-0.2, 0) is 7.05 Å². The minimum atomic E-state index is 0.374. The average Bonchev–Trinajstić information content (AvgIpc) is 2.90. The second-order valence-corrected chi connectivity index (χ2v) is 6.31.